The Morgan fingerprint density at radius 3 is 2.33 bits per heavy atom. The summed E-state index contributed by atoms with van der Waals surface area (Å²) in [4.78, 5) is 2.17. The van der Waals surface area contributed by atoms with Crippen LogP contribution in [-0.2, 0) is 13.0 Å². The predicted octanol–water partition coefficient (Wildman–Crippen LogP) is 3.59. The normalized spacial score (nSPS) is 10.3. The van der Waals surface area contributed by atoms with Crippen molar-refractivity contribution in [1.29, 1.82) is 0 Å². The molecule has 0 radical (unpaired) electrons. The Bertz CT molecular complexity index is 505. The van der Waals surface area contributed by atoms with Gasteiger partial charge in [-0.05, 0) is 41.8 Å². The number of aryl methyl sites for hydroxylation is 1. The van der Waals surface area contributed by atoms with Gasteiger partial charge in [0.15, 0.2) is 0 Å². The highest BCUT2D eigenvalue weighted by Crippen LogP contribution is 2.18. The molecule has 0 amide bonds. The minimum Gasteiger partial charge on any atom is -0.508 e. The summed E-state index contributed by atoms with van der Waals surface area (Å²) in [5, 5.41) is 9.45. The van der Waals surface area contributed by atoms with Gasteiger partial charge < -0.3 is 10.0 Å². The Kier molecular flexibility index (Phi) is 3.88. The molecule has 0 aliphatic heterocycles. The molecule has 0 spiro atoms. The van der Waals surface area contributed by atoms with E-state index in [1.165, 1.54) is 11.3 Å². The molecule has 0 fully saturated rings. The van der Waals surface area contributed by atoms with Crippen molar-refractivity contribution >= 4 is 5.69 Å². The van der Waals surface area contributed by atoms with Crippen LogP contribution in [-0.4, -0.2) is 12.2 Å². The quantitative estimate of drug-likeness (QED) is 0.884. The highest BCUT2D eigenvalue weighted by atomic mass is 16.3. The number of phenolic OH excluding ortho intramolecular Hbond substituents is 1. The highest BCUT2D eigenvalue weighted by molar-refractivity contribution is 5.47. The maximum atomic E-state index is 9.45. The van der Waals surface area contributed by atoms with E-state index in [9.17, 15) is 5.11 Å². The third-order valence-electron chi connectivity index (χ3n) is 3.12. The topological polar surface area (TPSA) is 23.5 Å². The highest BCUT2D eigenvalue weighted by Gasteiger charge is 2.02. The monoisotopic (exact) mass is 241 g/mol. The number of hydrogen-bond donors (Lipinski definition) is 1. The Morgan fingerprint density at radius 1 is 1.00 bits per heavy atom. The fraction of sp³-hybridized carbons (Fsp3) is 0.250. The van der Waals surface area contributed by atoms with E-state index in [-0.39, 0.29) is 0 Å². The van der Waals surface area contributed by atoms with Crippen LogP contribution in [0, 0.1) is 0 Å². The van der Waals surface area contributed by atoms with Crippen molar-refractivity contribution in [3.8, 4) is 5.75 Å². The summed E-state index contributed by atoms with van der Waals surface area (Å²) in [5.74, 6) is 0.322. The van der Waals surface area contributed by atoms with Crippen molar-refractivity contribution < 1.29 is 5.11 Å². The van der Waals surface area contributed by atoms with Crippen LogP contribution in [0.2, 0.25) is 0 Å². The second-order valence-electron chi connectivity index (χ2n) is 4.55. The lowest BCUT2D eigenvalue weighted by molar-refractivity contribution is 0.474. The summed E-state index contributed by atoms with van der Waals surface area (Å²) in [6.45, 7) is 2.95. The van der Waals surface area contributed by atoms with Crippen LogP contribution < -0.4 is 4.90 Å². The van der Waals surface area contributed by atoms with Crippen molar-refractivity contribution in [2.45, 2.75) is 19.9 Å². The number of rotatable bonds is 4. The number of phenols is 1. The molecule has 94 valence electrons. The zero-order chi connectivity index (χ0) is 13.0. The molecular formula is C16H19NO. The van der Waals surface area contributed by atoms with Crippen molar-refractivity contribution in [1.82, 2.24) is 0 Å². The molecule has 0 heterocycles. The van der Waals surface area contributed by atoms with Gasteiger partial charge in [0.25, 0.3) is 0 Å². The van der Waals surface area contributed by atoms with Gasteiger partial charge in [-0.15, -0.1) is 0 Å². The van der Waals surface area contributed by atoms with Crippen molar-refractivity contribution in [2.24, 2.45) is 0 Å². The van der Waals surface area contributed by atoms with Crippen LogP contribution in [0.25, 0.3) is 0 Å². The molecule has 2 heteroatoms. The number of nitrogens with zero attached hydrogens (tertiary/aromatic N) is 1. The molecule has 0 saturated carbocycles. The van der Waals surface area contributed by atoms with Crippen molar-refractivity contribution in [3.63, 3.8) is 0 Å². The average Bonchev–Trinajstić information content (AvgIpc) is 2.39. The molecule has 0 aliphatic rings. The number of hydrogen-bond acceptors (Lipinski definition) is 2. The fourth-order valence-electron chi connectivity index (χ4n) is 2.01. The van der Waals surface area contributed by atoms with Gasteiger partial charge >= 0.3 is 0 Å². The Balaban J connectivity index is 2.09. The summed E-state index contributed by atoms with van der Waals surface area (Å²) in [7, 11) is 2.06. The van der Waals surface area contributed by atoms with Crippen LogP contribution in [0.5, 0.6) is 5.75 Å². The summed E-state index contributed by atoms with van der Waals surface area (Å²) < 4.78 is 0. The minimum atomic E-state index is 0.322. The molecule has 0 unspecified atom stereocenters. The van der Waals surface area contributed by atoms with Crippen LogP contribution >= 0.6 is 0 Å². The van der Waals surface area contributed by atoms with E-state index in [1.54, 1.807) is 12.1 Å². The predicted molar refractivity (Wildman–Crippen MR) is 76.0 cm³/mol. The molecule has 1 N–H and O–H groups in total. The number of aromatic hydroxyl groups is 1. The van der Waals surface area contributed by atoms with E-state index in [2.05, 4.69) is 43.1 Å². The van der Waals surface area contributed by atoms with E-state index >= 15 is 0 Å². The molecule has 2 nitrogen and oxygen atoms in total. The van der Waals surface area contributed by atoms with E-state index < -0.39 is 0 Å². The maximum Gasteiger partial charge on any atom is 0.115 e. The van der Waals surface area contributed by atoms with Gasteiger partial charge in [0.2, 0.25) is 0 Å². The van der Waals surface area contributed by atoms with E-state index in [0.717, 1.165) is 18.5 Å². The average molecular weight is 241 g/mol. The summed E-state index contributed by atoms with van der Waals surface area (Å²) in [6.07, 6.45) is 1.07. The van der Waals surface area contributed by atoms with E-state index in [4.69, 9.17) is 0 Å². The molecule has 0 bridgehead atoms. The second kappa shape index (κ2) is 5.58. The molecular weight excluding hydrogens is 222 g/mol. The summed E-state index contributed by atoms with van der Waals surface area (Å²) in [5.41, 5.74) is 3.65. The minimum absolute atomic E-state index is 0.322. The lowest BCUT2D eigenvalue weighted by Crippen LogP contribution is -2.16. The first-order valence-electron chi connectivity index (χ1n) is 6.27. The number of anilines is 1. The third kappa shape index (κ3) is 3.04. The zero-order valence-electron chi connectivity index (χ0n) is 10.9. The van der Waals surface area contributed by atoms with Crippen molar-refractivity contribution in [2.75, 3.05) is 11.9 Å². The first kappa shape index (κ1) is 12.5. The Morgan fingerprint density at radius 2 is 1.72 bits per heavy atom. The lowest BCUT2D eigenvalue weighted by Gasteiger charge is -2.19. The standard InChI is InChI=1S/C16H19NO/c1-3-13-7-9-15(10-8-13)17(2)12-14-5-4-6-16(18)11-14/h4-11,18H,3,12H2,1-2H3. The maximum absolute atomic E-state index is 9.45. The first-order valence-corrected chi connectivity index (χ1v) is 6.27. The van der Waals surface area contributed by atoms with Gasteiger partial charge in [-0.25, -0.2) is 0 Å². The third-order valence-corrected chi connectivity index (χ3v) is 3.12. The van der Waals surface area contributed by atoms with E-state index in [0.29, 0.717) is 5.75 Å². The molecule has 0 atom stereocenters. The van der Waals surface area contributed by atoms with Gasteiger partial charge in [0.05, 0.1) is 0 Å². The first-order chi connectivity index (χ1) is 8.69. The van der Waals surface area contributed by atoms with Crippen LogP contribution in [0.3, 0.4) is 0 Å². The van der Waals surface area contributed by atoms with Crippen molar-refractivity contribution in [3.05, 3.63) is 59.7 Å². The van der Waals surface area contributed by atoms with Crippen LogP contribution in [0.4, 0.5) is 5.69 Å². The molecule has 2 aromatic rings. The van der Waals surface area contributed by atoms with Gasteiger partial charge in [0, 0.05) is 19.3 Å². The summed E-state index contributed by atoms with van der Waals surface area (Å²) >= 11 is 0. The lowest BCUT2D eigenvalue weighted by atomic mass is 10.1. The van der Waals surface area contributed by atoms with E-state index in [1.807, 2.05) is 12.1 Å². The fourth-order valence-corrected chi connectivity index (χ4v) is 2.01. The Hall–Kier alpha value is -1.96. The largest absolute Gasteiger partial charge is 0.508 e. The van der Waals surface area contributed by atoms with Gasteiger partial charge in [-0.3, -0.25) is 0 Å². The van der Waals surface area contributed by atoms with Crippen LogP contribution in [0.1, 0.15) is 18.1 Å². The molecule has 0 aromatic heterocycles. The smallest absolute Gasteiger partial charge is 0.115 e. The summed E-state index contributed by atoms with van der Waals surface area (Å²) in [6, 6.07) is 16.0. The SMILES string of the molecule is CCc1ccc(N(C)Cc2cccc(O)c2)cc1. The molecule has 18 heavy (non-hydrogen) atoms. The number of benzene rings is 2. The molecule has 2 aromatic carbocycles. The molecule has 0 saturated heterocycles. The van der Waals surface area contributed by atoms with Crippen LogP contribution in [0.15, 0.2) is 48.5 Å². The van der Waals surface area contributed by atoms with Gasteiger partial charge in [-0.2, -0.15) is 0 Å². The van der Waals surface area contributed by atoms with Gasteiger partial charge in [-0.1, -0.05) is 31.2 Å². The zero-order valence-corrected chi connectivity index (χ0v) is 10.9. The Labute approximate surface area is 109 Å². The van der Waals surface area contributed by atoms with Gasteiger partial charge in [0.1, 0.15) is 5.75 Å². The molecule has 0 aliphatic carbocycles. The second-order valence-corrected chi connectivity index (χ2v) is 4.55. The molecule has 2 rings (SSSR count).